The summed E-state index contributed by atoms with van der Waals surface area (Å²) in [5, 5.41) is 3.69. The number of furan rings is 1. The summed E-state index contributed by atoms with van der Waals surface area (Å²) in [6.45, 7) is 4.80. The van der Waals surface area contributed by atoms with Crippen LogP contribution in [0.2, 0.25) is 0 Å². The van der Waals surface area contributed by atoms with Gasteiger partial charge in [0, 0.05) is 43.5 Å². The number of aromatic nitrogens is 1. The Morgan fingerprint density at radius 3 is 2.68 bits per heavy atom. The van der Waals surface area contributed by atoms with Gasteiger partial charge in [0.2, 0.25) is 0 Å². The molecule has 0 atom stereocenters. The number of amides is 1. The number of nitrogens with zero attached hydrogens (tertiary/aromatic N) is 2. The van der Waals surface area contributed by atoms with Crippen LogP contribution in [-0.2, 0) is 4.74 Å². The maximum atomic E-state index is 12.9. The lowest BCUT2D eigenvalue weighted by atomic mass is 10.1. The van der Waals surface area contributed by atoms with E-state index in [1.54, 1.807) is 24.5 Å². The first-order chi connectivity index (χ1) is 16.7. The van der Waals surface area contributed by atoms with E-state index in [4.69, 9.17) is 19.6 Å². The SMILES string of the molecule is Nc1ccc(-c2ccncc2)cc1NC(=O)c1cc2ccc(OCCN3CCOCC3)cc2o1. The van der Waals surface area contributed by atoms with E-state index in [2.05, 4.69) is 15.2 Å². The van der Waals surface area contributed by atoms with Crippen molar-refractivity contribution in [3.05, 3.63) is 72.8 Å². The molecule has 2 aromatic carbocycles. The Morgan fingerprint density at radius 1 is 1.03 bits per heavy atom. The molecule has 1 aliphatic rings. The van der Waals surface area contributed by atoms with Crippen LogP contribution in [0.15, 0.2) is 71.4 Å². The number of rotatable bonds is 7. The summed E-state index contributed by atoms with van der Waals surface area (Å²) in [6, 6.07) is 16.6. The van der Waals surface area contributed by atoms with Gasteiger partial charge in [-0.3, -0.25) is 14.7 Å². The summed E-state index contributed by atoms with van der Waals surface area (Å²) < 4.78 is 17.1. The molecule has 1 fully saturated rings. The van der Waals surface area contributed by atoms with Gasteiger partial charge in [0.05, 0.1) is 24.6 Å². The van der Waals surface area contributed by atoms with E-state index in [-0.39, 0.29) is 11.7 Å². The lowest BCUT2D eigenvalue weighted by molar-refractivity contribution is 0.0322. The van der Waals surface area contributed by atoms with Gasteiger partial charge in [0.15, 0.2) is 5.76 Å². The number of morpholine rings is 1. The maximum Gasteiger partial charge on any atom is 0.291 e. The van der Waals surface area contributed by atoms with Gasteiger partial charge in [-0.05, 0) is 53.6 Å². The van der Waals surface area contributed by atoms with Crippen molar-refractivity contribution < 1.29 is 18.7 Å². The number of carbonyl (C=O) groups excluding carboxylic acids is 1. The Morgan fingerprint density at radius 2 is 1.85 bits per heavy atom. The molecule has 8 heteroatoms. The van der Waals surface area contributed by atoms with E-state index in [1.165, 1.54) is 0 Å². The lowest BCUT2D eigenvalue weighted by Crippen LogP contribution is -2.38. The van der Waals surface area contributed by atoms with E-state index < -0.39 is 0 Å². The molecule has 34 heavy (non-hydrogen) atoms. The van der Waals surface area contributed by atoms with Gasteiger partial charge < -0.3 is 24.9 Å². The van der Waals surface area contributed by atoms with Crippen molar-refractivity contribution in [2.75, 3.05) is 50.5 Å². The minimum atomic E-state index is -0.371. The highest BCUT2D eigenvalue weighted by Crippen LogP contribution is 2.29. The van der Waals surface area contributed by atoms with Crippen LogP contribution in [0.4, 0.5) is 11.4 Å². The normalized spacial score (nSPS) is 14.2. The number of anilines is 2. The second kappa shape index (κ2) is 9.94. The summed E-state index contributed by atoms with van der Waals surface area (Å²) >= 11 is 0. The predicted octanol–water partition coefficient (Wildman–Crippen LogP) is 4.04. The third-order valence-electron chi connectivity index (χ3n) is 5.81. The number of carbonyl (C=O) groups is 1. The van der Waals surface area contributed by atoms with Gasteiger partial charge in [0.1, 0.15) is 17.9 Å². The topological polar surface area (TPSA) is 103 Å². The fourth-order valence-electron chi connectivity index (χ4n) is 3.90. The summed E-state index contributed by atoms with van der Waals surface area (Å²) in [5.41, 5.74) is 9.59. The average Bonchev–Trinajstić information content (AvgIpc) is 3.30. The van der Waals surface area contributed by atoms with E-state index >= 15 is 0 Å². The minimum Gasteiger partial charge on any atom is -0.492 e. The van der Waals surface area contributed by atoms with Crippen molar-refractivity contribution in [2.24, 2.45) is 0 Å². The summed E-state index contributed by atoms with van der Waals surface area (Å²) in [5.74, 6) is 0.537. The molecule has 3 heterocycles. The first kappa shape index (κ1) is 21.9. The number of nitrogens with two attached hydrogens (primary N) is 1. The van der Waals surface area contributed by atoms with Crippen LogP contribution in [0.25, 0.3) is 22.1 Å². The molecule has 0 spiro atoms. The predicted molar refractivity (Wildman–Crippen MR) is 131 cm³/mol. The molecule has 5 rings (SSSR count). The Hall–Kier alpha value is -3.88. The molecule has 0 radical (unpaired) electrons. The van der Waals surface area contributed by atoms with Crippen LogP contribution < -0.4 is 15.8 Å². The van der Waals surface area contributed by atoms with Crippen LogP contribution in [0.1, 0.15) is 10.6 Å². The number of pyridine rings is 1. The molecular weight excluding hydrogens is 432 g/mol. The van der Waals surface area contributed by atoms with Crippen molar-refractivity contribution in [3.8, 4) is 16.9 Å². The maximum absolute atomic E-state index is 12.9. The molecule has 0 aliphatic carbocycles. The highest BCUT2D eigenvalue weighted by atomic mass is 16.5. The smallest absolute Gasteiger partial charge is 0.291 e. The number of nitrogens with one attached hydrogen (secondary N) is 1. The van der Waals surface area contributed by atoms with E-state index in [0.717, 1.165) is 49.4 Å². The van der Waals surface area contributed by atoms with E-state index in [9.17, 15) is 4.79 Å². The first-order valence-corrected chi connectivity index (χ1v) is 11.2. The largest absolute Gasteiger partial charge is 0.492 e. The van der Waals surface area contributed by atoms with Crippen LogP contribution in [0.5, 0.6) is 5.75 Å². The van der Waals surface area contributed by atoms with Crippen molar-refractivity contribution in [1.82, 2.24) is 9.88 Å². The third kappa shape index (κ3) is 5.03. The summed E-state index contributed by atoms with van der Waals surface area (Å²) in [6.07, 6.45) is 3.44. The van der Waals surface area contributed by atoms with Crippen LogP contribution >= 0.6 is 0 Å². The molecule has 1 aliphatic heterocycles. The van der Waals surface area contributed by atoms with Crippen LogP contribution in [0.3, 0.4) is 0 Å². The molecule has 0 unspecified atom stereocenters. The zero-order valence-corrected chi connectivity index (χ0v) is 18.7. The van der Waals surface area contributed by atoms with Crippen molar-refractivity contribution in [2.45, 2.75) is 0 Å². The highest BCUT2D eigenvalue weighted by Gasteiger charge is 2.15. The second-order valence-corrected chi connectivity index (χ2v) is 8.10. The standard InChI is InChI=1S/C26H26N4O4/c27-22-4-2-19(18-5-7-28-8-6-18)15-23(22)29-26(31)25-16-20-1-3-21(17-24(20)34-25)33-14-11-30-9-12-32-13-10-30/h1-8,15-17H,9-14,27H2,(H,29,31). The lowest BCUT2D eigenvalue weighted by Gasteiger charge is -2.26. The van der Waals surface area contributed by atoms with Crippen LogP contribution in [0, 0.1) is 0 Å². The highest BCUT2D eigenvalue weighted by molar-refractivity contribution is 6.06. The van der Waals surface area contributed by atoms with Crippen LogP contribution in [-0.4, -0.2) is 55.2 Å². The number of ether oxygens (including phenoxy) is 2. The Kier molecular flexibility index (Phi) is 6.42. The van der Waals surface area contributed by atoms with Gasteiger partial charge in [-0.2, -0.15) is 0 Å². The molecule has 3 N–H and O–H groups in total. The number of fused-ring (bicyclic) bond motifs is 1. The summed E-state index contributed by atoms with van der Waals surface area (Å²) in [7, 11) is 0. The Balaban J connectivity index is 1.26. The quantitative estimate of drug-likeness (QED) is 0.403. The molecule has 0 saturated carbocycles. The number of hydrogen-bond acceptors (Lipinski definition) is 7. The molecular formula is C26H26N4O4. The van der Waals surface area contributed by atoms with E-state index in [1.807, 2.05) is 42.5 Å². The molecule has 1 saturated heterocycles. The number of nitrogen functional groups attached to an aromatic ring is 1. The average molecular weight is 459 g/mol. The van der Waals surface area contributed by atoms with E-state index in [0.29, 0.717) is 29.3 Å². The fourth-order valence-corrected chi connectivity index (χ4v) is 3.90. The second-order valence-electron chi connectivity index (χ2n) is 8.10. The van der Waals surface area contributed by atoms with Gasteiger partial charge in [-0.15, -0.1) is 0 Å². The zero-order valence-electron chi connectivity index (χ0n) is 18.7. The minimum absolute atomic E-state index is 0.203. The number of hydrogen-bond donors (Lipinski definition) is 2. The molecule has 174 valence electrons. The van der Waals surface area contributed by atoms with Crippen molar-refractivity contribution >= 4 is 28.3 Å². The zero-order chi connectivity index (χ0) is 23.3. The summed E-state index contributed by atoms with van der Waals surface area (Å²) in [4.78, 5) is 19.3. The molecule has 4 aromatic rings. The molecule has 0 bridgehead atoms. The van der Waals surface area contributed by atoms with Gasteiger partial charge in [-0.1, -0.05) is 6.07 Å². The first-order valence-electron chi connectivity index (χ1n) is 11.2. The fraction of sp³-hybridized carbons (Fsp3) is 0.231. The van der Waals surface area contributed by atoms with Gasteiger partial charge >= 0.3 is 0 Å². The van der Waals surface area contributed by atoms with Gasteiger partial charge in [0.25, 0.3) is 5.91 Å². The molecule has 2 aromatic heterocycles. The number of benzene rings is 2. The molecule has 8 nitrogen and oxygen atoms in total. The Bertz CT molecular complexity index is 1280. The monoisotopic (exact) mass is 458 g/mol. The third-order valence-corrected chi connectivity index (χ3v) is 5.81. The Labute approximate surface area is 197 Å². The van der Waals surface area contributed by atoms with Crippen molar-refractivity contribution in [1.29, 1.82) is 0 Å². The van der Waals surface area contributed by atoms with Crippen molar-refractivity contribution in [3.63, 3.8) is 0 Å². The van der Waals surface area contributed by atoms with Gasteiger partial charge in [-0.25, -0.2) is 0 Å². The molecule has 1 amide bonds.